The number of halogens is 8. The molecule has 3 amide bonds. The number of nitrogens with two attached hydrogens (primary N) is 1. The van der Waals surface area contributed by atoms with Crippen LogP contribution in [-0.2, 0) is 55.2 Å². The van der Waals surface area contributed by atoms with Crippen molar-refractivity contribution in [1.82, 2.24) is 53.9 Å². The van der Waals surface area contributed by atoms with E-state index in [9.17, 15) is 28.0 Å². The van der Waals surface area contributed by atoms with Crippen LogP contribution in [0.1, 0.15) is 96.5 Å². The Balaban J connectivity index is 0.000000158. The van der Waals surface area contributed by atoms with Crippen LogP contribution in [0.3, 0.4) is 0 Å². The number of rotatable bonds is 13. The molecule has 90 heavy (non-hydrogen) atoms. The standard InChI is InChI=1S/C26H21N5O2.C19H17BrClFN6O3.C15H14BrClFN3O.CHI2.In/c32-25(30-17-16-27-19-30)33-18-24-28-20-31(29-24)26(21-10-4-1-5-11-21,22-12-6-2-7-13-22)23-14-8-3-9-15-23;1-28-16(18(29)25-9-2-4-12(22)11(21)6-9)10-3-5-13(15(10)17(28)20)26-19(30)31-7-14-23-8-24-27-14;1-21-13(8-3-5-11(19)12(8)14(21)16)15(22)20-7-2-4-10(18)9(17)6-7;2-1-3;/h1-17,19-20H,18H2;2,4,6,8,13H,3,5,7H2,1H3,(H,25,29)(H,26,30)(H,23,24,27);2,4,6,11H,3,5,19H2,1H3,(H,20,22);1H;. The minimum atomic E-state index is -0.761. The first-order valence-corrected chi connectivity index (χ1v) is 34.1. The second-order valence-corrected chi connectivity index (χ2v) is 37.0. The van der Waals surface area contributed by atoms with E-state index in [0.29, 0.717) is 51.9 Å². The summed E-state index contributed by atoms with van der Waals surface area (Å²) in [5, 5.41) is 19.3. The number of imidazole rings is 1. The molecular weight excluding hydrogens is 1660 g/mol. The van der Waals surface area contributed by atoms with Crippen molar-refractivity contribution in [1.29, 1.82) is 0 Å². The van der Waals surface area contributed by atoms with Crippen LogP contribution in [0.25, 0.3) is 0 Å². The number of anilines is 2. The van der Waals surface area contributed by atoms with Gasteiger partial charge in [-0.2, -0.15) is 10.2 Å². The van der Waals surface area contributed by atoms with Gasteiger partial charge in [-0.25, -0.2) is 42.6 Å². The molecule has 2 atom stereocenters. The Morgan fingerprint density at radius 3 is 1.74 bits per heavy atom. The second kappa shape index (κ2) is 31.2. The van der Waals surface area contributed by atoms with Gasteiger partial charge in [-0.05, 0) is 122 Å². The molecule has 2 aliphatic carbocycles. The van der Waals surface area contributed by atoms with Crippen molar-refractivity contribution in [3.8, 4) is 0 Å². The van der Waals surface area contributed by atoms with Gasteiger partial charge in [0.25, 0.3) is 11.8 Å². The summed E-state index contributed by atoms with van der Waals surface area (Å²) in [6, 6.07) is 38.2. The van der Waals surface area contributed by atoms with Crippen molar-refractivity contribution in [2.75, 3.05) is 10.6 Å². The quantitative estimate of drug-likeness (QED) is 0.0411. The Bertz CT molecular complexity index is 4040. The number of nitrogens with zero attached hydrogens (tertiary/aromatic N) is 9. The Morgan fingerprint density at radius 1 is 0.744 bits per heavy atom. The maximum atomic E-state index is 13.4. The summed E-state index contributed by atoms with van der Waals surface area (Å²) in [6.45, 7) is -0.0896. The van der Waals surface area contributed by atoms with Crippen LogP contribution >= 0.6 is 100 Å². The van der Waals surface area contributed by atoms with Gasteiger partial charge in [0.05, 0.1) is 25.3 Å². The molecule has 5 aromatic carbocycles. The van der Waals surface area contributed by atoms with Crippen LogP contribution in [-0.4, -0.2) is 96.7 Å². The second-order valence-electron chi connectivity index (χ2n) is 20.0. The van der Waals surface area contributed by atoms with E-state index in [4.69, 9.17) is 43.5 Å². The first-order valence-electron chi connectivity index (χ1n) is 27.3. The number of H-pyrrole nitrogens is 1. The zero-order valence-corrected chi connectivity index (χ0v) is 59.9. The first-order chi connectivity index (χ1) is 43.3. The number of carbonyl (C=O) groups excluding carboxylic acids is 4. The van der Waals surface area contributed by atoms with Crippen molar-refractivity contribution in [2.24, 2.45) is 19.8 Å². The van der Waals surface area contributed by atoms with Crippen LogP contribution < -0.4 is 21.7 Å². The number of amides is 3. The molecule has 2 aliphatic rings. The van der Waals surface area contributed by atoms with Crippen molar-refractivity contribution in [3.63, 3.8) is 0 Å². The molecule has 12 rings (SSSR count). The van der Waals surface area contributed by atoms with Gasteiger partial charge in [-0.3, -0.25) is 14.7 Å². The van der Waals surface area contributed by atoms with Crippen molar-refractivity contribution < 1.29 is 37.4 Å². The van der Waals surface area contributed by atoms with Crippen LogP contribution in [0.15, 0.2) is 168 Å². The normalized spacial score (nSPS) is 13.7. The Hall–Kier alpha value is -6.48. The number of ether oxygens (including phenoxy) is 2. The zero-order chi connectivity index (χ0) is 64.2. The summed E-state index contributed by atoms with van der Waals surface area (Å²) < 4.78 is 46.1. The Morgan fingerprint density at radius 2 is 1.26 bits per heavy atom. The van der Waals surface area contributed by atoms with E-state index < -0.39 is 29.4 Å². The van der Waals surface area contributed by atoms with E-state index in [0.717, 1.165) is 56.1 Å². The summed E-state index contributed by atoms with van der Waals surface area (Å²) in [5.74, 6) is -0.875. The van der Waals surface area contributed by atoms with Crippen LogP contribution in [0.4, 0.5) is 29.7 Å². The van der Waals surface area contributed by atoms with Crippen molar-refractivity contribution in [2.45, 2.75) is 56.2 Å². The van der Waals surface area contributed by atoms with E-state index in [1.807, 2.05) is 66.3 Å². The summed E-state index contributed by atoms with van der Waals surface area (Å²) in [5.41, 5.74) is 13.9. The SMILES string of the molecule is Cn1c(Br)c2c(c1C(=O)Nc1ccc(F)c(Cl)c1)CCC2N.Cn1c(Br)c2c(c1C(=O)Nc1ccc(F)c(Cl)c1)CCC2NC(=O)OCc1ncn[nH]1.O=C(OCc1ncn(C(c2ccccc2)(c2ccccc2)c2ccccc2)n1)n1ccnc1.[In][CH](I)I. The van der Waals surface area contributed by atoms with Gasteiger partial charge >= 0.3 is 81.4 Å². The average Bonchev–Trinajstić information content (AvgIpc) is 0.929. The molecule has 462 valence electrons. The van der Waals surface area contributed by atoms with E-state index >= 15 is 0 Å². The first kappa shape index (κ1) is 67.9. The molecule has 5 aromatic heterocycles. The fraction of sp³-hybridized carbons (Fsp3) is 0.197. The zero-order valence-electron chi connectivity index (χ0n) is 47.6. The summed E-state index contributed by atoms with van der Waals surface area (Å²) >= 11 is 24.7. The topological polar surface area (TPSA) is 249 Å². The van der Waals surface area contributed by atoms with E-state index in [-0.39, 0.29) is 47.2 Å². The molecule has 29 heteroatoms. The summed E-state index contributed by atoms with van der Waals surface area (Å²) in [7, 11) is 3.55. The van der Waals surface area contributed by atoms with Gasteiger partial charge in [-0.15, -0.1) is 0 Å². The van der Waals surface area contributed by atoms with E-state index in [1.165, 1.54) is 90.4 Å². The predicted molar refractivity (Wildman–Crippen MR) is 361 cm³/mol. The van der Waals surface area contributed by atoms with E-state index in [1.54, 1.807) is 22.5 Å². The molecule has 0 aliphatic heterocycles. The van der Waals surface area contributed by atoms with Gasteiger partial charge in [-0.1, -0.05) is 114 Å². The number of aromatic amines is 1. The molecule has 2 radical (unpaired) electrons. The Labute approximate surface area is 583 Å². The van der Waals surface area contributed by atoms with Gasteiger partial charge in [0, 0.05) is 55.0 Å². The van der Waals surface area contributed by atoms with Gasteiger partial charge < -0.3 is 40.3 Å². The molecule has 20 nitrogen and oxygen atoms in total. The monoisotopic (exact) mass is 1710 g/mol. The number of aromatic nitrogens is 10. The Kier molecular flexibility index (Phi) is 23.6. The van der Waals surface area contributed by atoms with Crippen LogP contribution in [0.2, 0.25) is 10.0 Å². The molecule has 6 N–H and O–H groups in total. The van der Waals surface area contributed by atoms with Gasteiger partial charge in [0.1, 0.15) is 47.5 Å². The summed E-state index contributed by atoms with van der Waals surface area (Å²) in [4.78, 5) is 62.1. The minimum absolute atomic E-state index is 0.0295. The number of fused-ring (bicyclic) bond motifs is 2. The molecule has 0 bridgehead atoms. The molecule has 2 unspecified atom stereocenters. The van der Waals surface area contributed by atoms with Crippen LogP contribution in [0.5, 0.6) is 0 Å². The van der Waals surface area contributed by atoms with Gasteiger partial charge in [0.2, 0.25) is 0 Å². The van der Waals surface area contributed by atoms with Crippen molar-refractivity contribution in [3.05, 3.63) is 252 Å². The molecular formula is C61H53Br2Cl2F2I2InN14O6. The maximum absolute atomic E-state index is 13.4. The third-order valence-corrected chi connectivity index (χ3v) is 16.9. The summed E-state index contributed by atoms with van der Waals surface area (Å²) in [6.07, 6.45) is 9.11. The molecule has 0 saturated heterocycles. The number of alkyl halides is 2. The fourth-order valence-electron chi connectivity index (χ4n) is 10.5. The number of benzene rings is 5. The fourth-order valence-corrected chi connectivity index (χ4v) is 12.2. The molecule has 0 fully saturated rings. The average molecular weight is 1720 g/mol. The number of hydrogen-bond donors (Lipinski definition) is 5. The molecule has 10 aromatic rings. The number of carbonyl (C=O) groups is 4. The third-order valence-electron chi connectivity index (χ3n) is 14.4. The molecule has 0 saturated carbocycles. The third kappa shape index (κ3) is 15.9. The van der Waals surface area contributed by atoms with Gasteiger partial charge in [0.15, 0.2) is 24.9 Å². The predicted octanol–water partition coefficient (Wildman–Crippen LogP) is 13.5. The molecule has 5 heterocycles. The van der Waals surface area contributed by atoms with Crippen molar-refractivity contribution >= 4 is 160 Å². The molecule has 0 spiro atoms. The number of nitrogens with one attached hydrogen (secondary N) is 4. The number of alkyl carbamates (subject to hydrolysis) is 1. The van der Waals surface area contributed by atoms with Crippen LogP contribution in [0, 0.1) is 11.6 Å². The van der Waals surface area contributed by atoms with E-state index in [2.05, 4.69) is 155 Å². The number of hydrogen-bond acceptors (Lipinski definition) is 12.